The number of anilines is 1. The van der Waals surface area contributed by atoms with Crippen molar-refractivity contribution in [2.45, 2.75) is 65.0 Å². The fourth-order valence-electron chi connectivity index (χ4n) is 3.35. The Balaban J connectivity index is 2.22. The van der Waals surface area contributed by atoms with Gasteiger partial charge in [0.05, 0.1) is 5.69 Å². The van der Waals surface area contributed by atoms with Crippen LogP contribution in [0.1, 0.15) is 57.9 Å². The Hall–Kier alpha value is -1.09. The van der Waals surface area contributed by atoms with Crippen LogP contribution in [0.3, 0.4) is 0 Å². The smallest absolute Gasteiger partial charge is 0.146 e. The maximum atomic E-state index is 14.5. The van der Waals surface area contributed by atoms with Gasteiger partial charge in [0.2, 0.25) is 0 Å². The average molecular weight is 292 g/mol. The van der Waals surface area contributed by atoms with E-state index in [-0.39, 0.29) is 5.82 Å². The van der Waals surface area contributed by atoms with Gasteiger partial charge in [0.15, 0.2) is 0 Å². The summed E-state index contributed by atoms with van der Waals surface area (Å²) in [6.07, 6.45) is 7.08. The van der Waals surface area contributed by atoms with Crippen LogP contribution in [0, 0.1) is 5.82 Å². The quantitative estimate of drug-likeness (QED) is 0.745. The molecule has 0 aromatic heterocycles. The molecule has 1 aliphatic rings. The second kappa shape index (κ2) is 8.38. The van der Waals surface area contributed by atoms with E-state index in [0.29, 0.717) is 6.04 Å². The second-order valence-electron chi connectivity index (χ2n) is 6.06. The second-order valence-corrected chi connectivity index (χ2v) is 6.06. The lowest BCUT2D eigenvalue weighted by Gasteiger charge is -2.39. The number of hydrogen-bond acceptors (Lipinski definition) is 2. The van der Waals surface area contributed by atoms with Gasteiger partial charge < -0.3 is 10.2 Å². The van der Waals surface area contributed by atoms with Crippen LogP contribution in [0.4, 0.5) is 10.1 Å². The van der Waals surface area contributed by atoms with E-state index < -0.39 is 0 Å². The van der Waals surface area contributed by atoms with Crippen molar-refractivity contribution >= 4 is 5.69 Å². The summed E-state index contributed by atoms with van der Waals surface area (Å²) in [7, 11) is 0. The topological polar surface area (TPSA) is 15.3 Å². The first-order valence-corrected chi connectivity index (χ1v) is 8.52. The van der Waals surface area contributed by atoms with Gasteiger partial charge in [-0.05, 0) is 50.3 Å². The predicted octanol–water partition coefficient (Wildman–Crippen LogP) is 4.48. The molecule has 1 N–H and O–H groups in total. The maximum absolute atomic E-state index is 14.5. The summed E-state index contributed by atoms with van der Waals surface area (Å²) >= 11 is 0. The van der Waals surface area contributed by atoms with Crippen LogP contribution < -0.4 is 10.2 Å². The van der Waals surface area contributed by atoms with Gasteiger partial charge in [-0.25, -0.2) is 4.39 Å². The summed E-state index contributed by atoms with van der Waals surface area (Å²) < 4.78 is 14.5. The third kappa shape index (κ3) is 4.19. The summed E-state index contributed by atoms with van der Waals surface area (Å²) in [5, 5.41) is 3.41. The lowest BCUT2D eigenvalue weighted by molar-refractivity contribution is 0.427. The molecule has 0 bridgehead atoms. The van der Waals surface area contributed by atoms with Gasteiger partial charge in [-0.3, -0.25) is 0 Å². The Labute approximate surface area is 128 Å². The number of halogens is 1. The van der Waals surface area contributed by atoms with Crippen LogP contribution in [-0.4, -0.2) is 19.1 Å². The number of benzene rings is 1. The van der Waals surface area contributed by atoms with Gasteiger partial charge in [-0.2, -0.15) is 0 Å². The third-order valence-corrected chi connectivity index (χ3v) is 4.35. The molecule has 0 amide bonds. The molecule has 1 aromatic carbocycles. The molecular formula is C18H29FN2. The monoisotopic (exact) mass is 292 g/mol. The van der Waals surface area contributed by atoms with Crippen LogP contribution in [-0.2, 0) is 6.54 Å². The van der Waals surface area contributed by atoms with Gasteiger partial charge >= 0.3 is 0 Å². The number of piperidine rings is 1. The standard InChI is InChI=1S/C18H29FN2/c1-3-8-16-10-5-6-13-21(16)18-15(14-20-12-4-2)9-7-11-17(18)19/h7,9,11,16,20H,3-6,8,10,12-14H2,1-2H3. The molecule has 1 heterocycles. The normalized spacial score (nSPS) is 19.0. The molecule has 0 aliphatic carbocycles. The molecule has 1 unspecified atom stereocenters. The van der Waals surface area contributed by atoms with Crippen LogP contribution in [0.5, 0.6) is 0 Å². The van der Waals surface area contributed by atoms with Crippen molar-refractivity contribution in [1.29, 1.82) is 0 Å². The molecule has 1 atom stereocenters. The third-order valence-electron chi connectivity index (χ3n) is 4.35. The highest BCUT2D eigenvalue weighted by Crippen LogP contribution is 2.32. The number of hydrogen-bond donors (Lipinski definition) is 1. The Morgan fingerprint density at radius 1 is 1.24 bits per heavy atom. The van der Waals surface area contributed by atoms with Crippen molar-refractivity contribution in [3.63, 3.8) is 0 Å². The Kier molecular flexibility index (Phi) is 6.50. The Morgan fingerprint density at radius 3 is 2.86 bits per heavy atom. The minimum absolute atomic E-state index is 0.0613. The van der Waals surface area contributed by atoms with E-state index in [2.05, 4.69) is 30.1 Å². The zero-order valence-electron chi connectivity index (χ0n) is 13.5. The van der Waals surface area contributed by atoms with E-state index in [4.69, 9.17) is 0 Å². The van der Waals surface area contributed by atoms with Crippen LogP contribution in [0.25, 0.3) is 0 Å². The van der Waals surface area contributed by atoms with Gasteiger partial charge in [0.1, 0.15) is 5.82 Å². The van der Waals surface area contributed by atoms with Crippen molar-refractivity contribution in [2.24, 2.45) is 0 Å². The van der Waals surface area contributed by atoms with Gasteiger partial charge in [0, 0.05) is 19.1 Å². The van der Waals surface area contributed by atoms with Crippen LogP contribution in [0.2, 0.25) is 0 Å². The van der Waals surface area contributed by atoms with E-state index in [1.165, 1.54) is 25.7 Å². The highest BCUT2D eigenvalue weighted by Gasteiger charge is 2.25. The van der Waals surface area contributed by atoms with Crippen molar-refractivity contribution in [3.8, 4) is 0 Å². The largest absolute Gasteiger partial charge is 0.366 e. The summed E-state index contributed by atoms with van der Waals surface area (Å²) in [5.74, 6) is -0.0613. The summed E-state index contributed by atoms with van der Waals surface area (Å²) in [4.78, 5) is 2.34. The van der Waals surface area contributed by atoms with E-state index >= 15 is 0 Å². The highest BCUT2D eigenvalue weighted by molar-refractivity contribution is 5.56. The molecule has 1 aromatic rings. The molecule has 2 rings (SSSR count). The van der Waals surface area contributed by atoms with Crippen molar-refractivity contribution in [3.05, 3.63) is 29.6 Å². The molecule has 1 fully saturated rings. The lowest BCUT2D eigenvalue weighted by Crippen LogP contribution is -2.40. The SMILES string of the molecule is CCCNCc1cccc(F)c1N1CCCCC1CCC. The molecular weight excluding hydrogens is 263 g/mol. The first-order chi connectivity index (χ1) is 10.3. The van der Waals surface area contributed by atoms with Crippen LogP contribution in [0.15, 0.2) is 18.2 Å². The fourth-order valence-corrected chi connectivity index (χ4v) is 3.35. The van der Waals surface area contributed by atoms with Crippen molar-refractivity contribution in [2.75, 3.05) is 18.0 Å². The molecule has 0 radical (unpaired) electrons. The molecule has 3 heteroatoms. The van der Waals surface area contributed by atoms with Gasteiger partial charge in [-0.1, -0.05) is 32.4 Å². The van der Waals surface area contributed by atoms with E-state index in [1.54, 1.807) is 6.07 Å². The first kappa shape index (κ1) is 16.3. The fraction of sp³-hybridized carbons (Fsp3) is 0.667. The Bertz CT molecular complexity index is 431. The Morgan fingerprint density at radius 2 is 2.10 bits per heavy atom. The highest BCUT2D eigenvalue weighted by atomic mass is 19.1. The van der Waals surface area contributed by atoms with Crippen molar-refractivity contribution in [1.82, 2.24) is 5.32 Å². The molecule has 2 nitrogen and oxygen atoms in total. The molecule has 0 saturated carbocycles. The molecule has 118 valence electrons. The van der Waals surface area contributed by atoms with Gasteiger partial charge in [-0.15, -0.1) is 0 Å². The predicted molar refractivity (Wildman–Crippen MR) is 88.3 cm³/mol. The van der Waals surface area contributed by atoms with E-state index in [9.17, 15) is 4.39 Å². The maximum Gasteiger partial charge on any atom is 0.146 e. The number of nitrogens with zero attached hydrogens (tertiary/aromatic N) is 1. The molecule has 1 saturated heterocycles. The zero-order valence-corrected chi connectivity index (χ0v) is 13.5. The van der Waals surface area contributed by atoms with Gasteiger partial charge in [0.25, 0.3) is 0 Å². The molecule has 21 heavy (non-hydrogen) atoms. The average Bonchev–Trinajstić information content (AvgIpc) is 2.49. The molecule has 0 spiro atoms. The van der Waals surface area contributed by atoms with Crippen LogP contribution >= 0.6 is 0 Å². The summed E-state index contributed by atoms with van der Waals surface area (Å²) in [5.41, 5.74) is 1.95. The zero-order chi connectivity index (χ0) is 15.1. The minimum Gasteiger partial charge on any atom is -0.366 e. The number of nitrogens with one attached hydrogen (secondary N) is 1. The summed E-state index contributed by atoms with van der Waals surface area (Å²) in [6, 6.07) is 6.01. The van der Waals surface area contributed by atoms with E-state index in [1.807, 2.05) is 6.07 Å². The van der Waals surface area contributed by atoms with Crippen molar-refractivity contribution < 1.29 is 4.39 Å². The lowest BCUT2D eigenvalue weighted by atomic mass is 9.96. The molecule has 1 aliphatic heterocycles. The summed E-state index contributed by atoms with van der Waals surface area (Å²) in [6.45, 7) is 7.11. The number of para-hydroxylation sites is 1. The first-order valence-electron chi connectivity index (χ1n) is 8.52. The number of rotatable bonds is 7. The minimum atomic E-state index is -0.0613. The van der Waals surface area contributed by atoms with E-state index in [0.717, 1.165) is 43.7 Å².